The molecule has 0 heterocycles. The number of carbonyl (C=O) groups excluding carboxylic acids is 1. The Bertz CT molecular complexity index is 244. The number of primary amides is 1. The SMILES string of the molecule is NC(=O)C1(Cl)CCCCC1C(=O)O. The Balaban J connectivity index is 2.89. The van der Waals surface area contributed by atoms with Crippen LogP contribution in [0.4, 0.5) is 0 Å². The van der Waals surface area contributed by atoms with Crippen molar-refractivity contribution in [3.8, 4) is 0 Å². The minimum Gasteiger partial charge on any atom is -0.481 e. The van der Waals surface area contributed by atoms with Crippen molar-refractivity contribution in [2.24, 2.45) is 11.7 Å². The maximum absolute atomic E-state index is 11.0. The smallest absolute Gasteiger partial charge is 0.308 e. The van der Waals surface area contributed by atoms with E-state index in [-0.39, 0.29) is 0 Å². The Labute approximate surface area is 81.0 Å². The molecule has 2 atom stereocenters. The predicted octanol–water partition coefficient (Wildman–Crippen LogP) is 0.724. The van der Waals surface area contributed by atoms with Gasteiger partial charge in [0.1, 0.15) is 4.87 Å². The van der Waals surface area contributed by atoms with Gasteiger partial charge in [-0.2, -0.15) is 0 Å². The molecule has 1 aliphatic rings. The molecule has 13 heavy (non-hydrogen) atoms. The van der Waals surface area contributed by atoms with Crippen molar-refractivity contribution in [1.29, 1.82) is 0 Å². The monoisotopic (exact) mass is 205 g/mol. The van der Waals surface area contributed by atoms with E-state index in [1.165, 1.54) is 0 Å². The van der Waals surface area contributed by atoms with E-state index in [0.717, 1.165) is 12.8 Å². The van der Waals surface area contributed by atoms with Gasteiger partial charge in [-0.3, -0.25) is 9.59 Å². The maximum atomic E-state index is 11.0. The summed E-state index contributed by atoms with van der Waals surface area (Å²) in [6, 6.07) is 0. The zero-order valence-corrected chi connectivity index (χ0v) is 7.88. The first-order valence-electron chi connectivity index (χ1n) is 4.20. The van der Waals surface area contributed by atoms with Gasteiger partial charge in [0.05, 0.1) is 5.92 Å². The Morgan fingerprint density at radius 1 is 1.46 bits per heavy atom. The van der Waals surface area contributed by atoms with Gasteiger partial charge in [0.15, 0.2) is 0 Å². The molecule has 0 aliphatic heterocycles. The van der Waals surface area contributed by atoms with Crippen LogP contribution in [0.5, 0.6) is 0 Å². The number of carboxylic acid groups (broad SMARTS) is 1. The Kier molecular flexibility index (Phi) is 2.81. The van der Waals surface area contributed by atoms with E-state index in [1.807, 2.05) is 0 Å². The van der Waals surface area contributed by atoms with Crippen LogP contribution in [0, 0.1) is 5.92 Å². The number of carboxylic acids is 1. The number of amides is 1. The molecule has 0 bridgehead atoms. The van der Waals surface area contributed by atoms with Crippen LogP contribution in [0.2, 0.25) is 0 Å². The van der Waals surface area contributed by atoms with E-state index in [9.17, 15) is 9.59 Å². The summed E-state index contributed by atoms with van der Waals surface area (Å²) in [4.78, 5) is 20.4. The molecule has 1 rings (SSSR count). The lowest BCUT2D eigenvalue weighted by Crippen LogP contribution is -2.50. The topological polar surface area (TPSA) is 80.4 Å². The van der Waals surface area contributed by atoms with E-state index in [2.05, 4.69) is 0 Å². The van der Waals surface area contributed by atoms with Gasteiger partial charge in [-0.1, -0.05) is 12.8 Å². The van der Waals surface area contributed by atoms with Crippen molar-refractivity contribution >= 4 is 23.5 Å². The predicted molar refractivity (Wildman–Crippen MR) is 47.4 cm³/mol. The summed E-state index contributed by atoms with van der Waals surface area (Å²) in [6.45, 7) is 0. The second kappa shape index (κ2) is 3.54. The fourth-order valence-electron chi connectivity index (χ4n) is 1.75. The van der Waals surface area contributed by atoms with Crippen LogP contribution in [-0.2, 0) is 9.59 Å². The van der Waals surface area contributed by atoms with Gasteiger partial charge in [-0.15, -0.1) is 11.6 Å². The lowest BCUT2D eigenvalue weighted by molar-refractivity contribution is -0.146. The van der Waals surface area contributed by atoms with E-state index in [1.54, 1.807) is 0 Å². The summed E-state index contributed by atoms with van der Waals surface area (Å²) >= 11 is 5.92. The largest absolute Gasteiger partial charge is 0.481 e. The third-order valence-corrected chi connectivity index (χ3v) is 3.18. The summed E-state index contributed by atoms with van der Waals surface area (Å²) in [7, 11) is 0. The molecule has 0 spiro atoms. The van der Waals surface area contributed by atoms with Crippen LogP contribution in [0.15, 0.2) is 0 Å². The van der Waals surface area contributed by atoms with E-state index in [4.69, 9.17) is 22.4 Å². The third kappa shape index (κ3) is 1.77. The molecule has 0 radical (unpaired) electrons. The third-order valence-electron chi connectivity index (χ3n) is 2.54. The highest BCUT2D eigenvalue weighted by atomic mass is 35.5. The van der Waals surface area contributed by atoms with Crippen LogP contribution in [-0.4, -0.2) is 21.9 Å². The number of hydrogen-bond acceptors (Lipinski definition) is 2. The highest BCUT2D eigenvalue weighted by Crippen LogP contribution is 2.39. The molecule has 0 saturated heterocycles. The van der Waals surface area contributed by atoms with E-state index < -0.39 is 22.7 Å². The lowest BCUT2D eigenvalue weighted by Gasteiger charge is -2.33. The highest BCUT2D eigenvalue weighted by Gasteiger charge is 2.47. The van der Waals surface area contributed by atoms with Crippen molar-refractivity contribution in [3.05, 3.63) is 0 Å². The van der Waals surface area contributed by atoms with E-state index in [0.29, 0.717) is 12.8 Å². The minimum atomic E-state index is -1.37. The quantitative estimate of drug-likeness (QED) is 0.652. The maximum Gasteiger partial charge on any atom is 0.308 e. The van der Waals surface area contributed by atoms with Gasteiger partial charge in [-0.05, 0) is 12.8 Å². The molecule has 0 aromatic rings. The average Bonchev–Trinajstić information content (AvgIpc) is 2.04. The molecular formula is C8H12ClNO3. The van der Waals surface area contributed by atoms with Crippen molar-refractivity contribution in [1.82, 2.24) is 0 Å². The molecule has 74 valence electrons. The van der Waals surface area contributed by atoms with Gasteiger partial charge in [0.2, 0.25) is 5.91 Å². The molecule has 0 aromatic heterocycles. The number of aliphatic carboxylic acids is 1. The van der Waals surface area contributed by atoms with Crippen molar-refractivity contribution in [2.75, 3.05) is 0 Å². The average molecular weight is 206 g/mol. The fraction of sp³-hybridized carbons (Fsp3) is 0.750. The molecule has 3 N–H and O–H groups in total. The van der Waals surface area contributed by atoms with Crippen LogP contribution in [0.25, 0.3) is 0 Å². The van der Waals surface area contributed by atoms with E-state index >= 15 is 0 Å². The Hall–Kier alpha value is -0.770. The minimum absolute atomic E-state index is 0.362. The second-order valence-electron chi connectivity index (χ2n) is 3.36. The van der Waals surface area contributed by atoms with Crippen LogP contribution in [0.1, 0.15) is 25.7 Å². The number of carbonyl (C=O) groups is 2. The molecule has 0 aromatic carbocycles. The molecule has 2 unspecified atom stereocenters. The number of alkyl halides is 1. The molecular weight excluding hydrogens is 194 g/mol. The molecule has 1 saturated carbocycles. The summed E-state index contributed by atoms with van der Waals surface area (Å²) in [5.74, 6) is -2.59. The fourth-order valence-corrected chi connectivity index (χ4v) is 2.08. The molecule has 1 fully saturated rings. The van der Waals surface area contributed by atoms with Gasteiger partial charge < -0.3 is 10.8 Å². The van der Waals surface area contributed by atoms with Crippen molar-refractivity contribution < 1.29 is 14.7 Å². The summed E-state index contributed by atoms with van der Waals surface area (Å²) in [5, 5.41) is 8.83. The number of hydrogen-bond donors (Lipinski definition) is 2. The molecule has 4 nitrogen and oxygen atoms in total. The van der Waals surface area contributed by atoms with Crippen LogP contribution in [0.3, 0.4) is 0 Å². The number of nitrogens with two attached hydrogens (primary N) is 1. The molecule has 5 heteroatoms. The van der Waals surface area contributed by atoms with Gasteiger partial charge >= 0.3 is 5.97 Å². The Morgan fingerprint density at radius 2 is 2.08 bits per heavy atom. The zero-order valence-electron chi connectivity index (χ0n) is 7.12. The highest BCUT2D eigenvalue weighted by molar-refractivity contribution is 6.36. The number of rotatable bonds is 2. The second-order valence-corrected chi connectivity index (χ2v) is 4.04. The first kappa shape index (κ1) is 10.3. The van der Waals surface area contributed by atoms with Crippen molar-refractivity contribution in [3.63, 3.8) is 0 Å². The van der Waals surface area contributed by atoms with Gasteiger partial charge in [0, 0.05) is 0 Å². The molecule has 1 amide bonds. The van der Waals surface area contributed by atoms with Gasteiger partial charge in [-0.25, -0.2) is 0 Å². The van der Waals surface area contributed by atoms with Crippen LogP contribution >= 0.6 is 11.6 Å². The summed E-state index contributed by atoms with van der Waals surface area (Å²) in [5.41, 5.74) is 5.10. The lowest BCUT2D eigenvalue weighted by atomic mass is 9.78. The summed E-state index contributed by atoms with van der Waals surface area (Å²) in [6.07, 6.45) is 2.34. The first-order chi connectivity index (χ1) is 5.98. The Morgan fingerprint density at radius 3 is 2.46 bits per heavy atom. The standard InChI is InChI=1S/C8H12ClNO3/c9-8(7(10)13)4-2-1-3-5(8)6(11)12/h5H,1-4H2,(H2,10,13)(H,11,12). The first-order valence-corrected chi connectivity index (χ1v) is 4.58. The summed E-state index contributed by atoms with van der Waals surface area (Å²) < 4.78 is 0. The normalized spacial score (nSPS) is 34.1. The zero-order chi connectivity index (χ0) is 10.1. The molecule has 1 aliphatic carbocycles. The van der Waals surface area contributed by atoms with Crippen molar-refractivity contribution in [2.45, 2.75) is 30.6 Å². The number of halogens is 1. The van der Waals surface area contributed by atoms with Gasteiger partial charge in [0.25, 0.3) is 0 Å². The van der Waals surface area contributed by atoms with Crippen LogP contribution < -0.4 is 5.73 Å².